The molecule has 0 aliphatic rings. The predicted molar refractivity (Wildman–Crippen MR) is 92.7 cm³/mol. The first-order valence-electron chi connectivity index (χ1n) is 6.34. The number of benzene rings is 1. The van der Waals surface area contributed by atoms with Crippen LogP contribution in [0.5, 0.6) is 0 Å². The summed E-state index contributed by atoms with van der Waals surface area (Å²) in [7, 11) is 3.93. The molecule has 5 heteroatoms. The summed E-state index contributed by atoms with van der Waals surface area (Å²) in [5, 5.41) is 0. The van der Waals surface area contributed by atoms with E-state index < -0.39 is 0 Å². The molecule has 0 aliphatic heterocycles. The minimum absolute atomic E-state index is 0. The number of imidazole rings is 2. The molecule has 1 aromatic carbocycles. The molecule has 0 fully saturated rings. The van der Waals surface area contributed by atoms with E-state index in [1.54, 1.807) is 12.5 Å². The second kappa shape index (κ2) is 7.36. The Hall–Kier alpha value is -2.69. The average molecular weight is 297 g/mol. The van der Waals surface area contributed by atoms with Gasteiger partial charge in [0.05, 0.1) is 23.7 Å². The van der Waals surface area contributed by atoms with Gasteiger partial charge in [0, 0.05) is 20.3 Å². The van der Waals surface area contributed by atoms with Crippen LogP contribution in [0.25, 0.3) is 22.2 Å². The largest absolute Gasteiger partial charge is 0.334 e. The van der Waals surface area contributed by atoms with E-state index in [2.05, 4.69) is 21.0 Å². The zero-order valence-corrected chi connectivity index (χ0v) is 11.4. The first kappa shape index (κ1) is 17.4. The number of aromatic nitrogens is 5. The average Bonchev–Trinajstić information content (AvgIpc) is 3.05. The quantitative estimate of drug-likeness (QED) is 0.496. The van der Waals surface area contributed by atoms with Crippen LogP contribution in [0, 0.1) is 0 Å². The number of para-hydroxylation sites is 2. The third kappa shape index (κ3) is 3.31. The van der Waals surface area contributed by atoms with E-state index in [9.17, 15) is 0 Å². The molecule has 0 aliphatic carbocycles. The van der Waals surface area contributed by atoms with Crippen molar-refractivity contribution in [1.29, 1.82) is 0 Å². The lowest BCUT2D eigenvalue weighted by Gasteiger charge is -1.90. The van der Waals surface area contributed by atoms with Crippen LogP contribution < -0.4 is 0 Å². The maximum atomic E-state index is 4.18. The van der Waals surface area contributed by atoms with E-state index >= 15 is 0 Å². The molecule has 3 heterocycles. The summed E-state index contributed by atoms with van der Waals surface area (Å²) in [6.45, 7) is 0. The summed E-state index contributed by atoms with van der Waals surface area (Å²) in [5.74, 6) is 0. The lowest BCUT2D eigenvalue weighted by atomic mass is 10.3. The second-order valence-electron chi connectivity index (χ2n) is 4.55. The van der Waals surface area contributed by atoms with Gasteiger partial charge in [-0.05, 0) is 24.3 Å². The van der Waals surface area contributed by atoms with Gasteiger partial charge in [-0.15, -0.1) is 0 Å². The smallest absolute Gasteiger partial charge is 0.159 e. The molecule has 0 bridgehead atoms. The number of nitrogens with zero attached hydrogens (tertiary/aromatic N) is 5. The van der Waals surface area contributed by atoms with E-state index in [0.717, 1.165) is 16.7 Å². The van der Waals surface area contributed by atoms with Crippen molar-refractivity contribution in [2.24, 2.45) is 14.1 Å². The van der Waals surface area contributed by atoms with Gasteiger partial charge in [-0.2, -0.15) is 0 Å². The van der Waals surface area contributed by atoms with Crippen molar-refractivity contribution < 1.29 is 0 Å². The molecule has 0 saturated carbocycles. The summed E-state index contributed by atoms with van der Waals surface area (Å²) >= 11 is 0. The summed E-state index contributed by atoms with van der Waals surface area (Å²) in [4.78, 5) is 12.4. The standard InChI is InChI=1S/C8H8N2.C7H7N3.2CH4/c1-10-6-9-7-4-2-3-5-8(7)10;1-10-5-9-6-3-2-4-8-7(6)10;;/h2-6H,1H3;2-5H,1H3;2*1H4. The molecule has 0 spiro atoms. The molecular formula is C17H23N5. The molecule has 4 aromatic rings. The van der Waals surface area contributed by atoms with Gasteiger partial charge >= 0.3 is 0 Å². The molecule has 3 aromatic heterocycles. The van der Waals surface area contributed by atoms with Crippen LogP contribution in [-0.2, 0) is 14.1 Å². The van der Waals surface area contributed by atoms with Gasteiger partial charge < -0.3 is 9.13 Å². The number of rotatable bonds is 0. The van der Waals surface area contributed by atoms with Gasteiger partial charge in [0.15, 0.2) is 5.65 Å². The Labute approximate surface area is 131 Å². The van der Waals surface area contributed by atoms with Gasteiger partial charge in [0.2, 0.25) is 0 Å². The zero-order chi connectivity index (χ0) is 13.9. The fourth-order valence-corrected chi connectivity index (χ4v) is 2.05. The summed E-state index contributed by atoms with van der Waals surface area (Å²) in [5.41, 5.74) is 4.13. The molecule has 0 amide bonds. The van der Waals surface area contributed by atoms with E-state index in [1.165, 1.54) is 5.52 Å². The monoisotopic (exact) mass is 297 g/mol. The lowest BCUT2D eigenvalue weighted by Crippen LogP contribution is -1.85. The predicted octanol–water partition coefficient (Wildman–Crippen LogP) is 3.81. The van der Waals surface area contributed by atoms with E-state index in [0.29, 0.717) is 0 Å². The van der Waals surface area contributed by atoms with Crippen LogP contribution in [0.2, 0.25) is 0 Å². The maximum Gasteiger partial charge on any atom is 0.159 e. The number of fused-ring (bicyclic) bond motifs is 2. The van der Waals surface area contributed by atoms with Gasteiger partial charge in [0.25, 0.3) is 0 Å². The molecule has 0 atom stereocenters. The molecule has 22 heavy (non-hydrogen) atoms. The Bertz CT molecular complexity index is 772. The first-order valence-corrected chi connectivity index (χ1v) is 6.34. The SMILES string of the molecule is C.C.Cn1cnc2ccccc21.Cn1cnc2cccnc21. The van der Waals surface area contributed by atoms with Crippen LogP contribution in [0.1, 0.15) is 14.9 Å². The third-order valence-corrected chi connectivity index (χ3v) is 3.10. The first-order chi connectivity index (χ1) is 9.75. The highest BCUT2D eigenvalue weighted by molar-refractivity contribution is 5.74. The minimum Gasteiger partial charge on any atom is -0.334 e. The topological polar surface area (TPSA) is 48.5 Å². The summed E-state index contributed by atoms with van der Waals surface area (Å²) < 4.78 is 3.91. The van der Waals surface area contributed by atoms with E-state index in [1.807, 2.05) is 59.9 Å². The molecule has 0 saturated heterocycles. The van der Waals surface area contributed by atoms with Gasteiger partial charge in [-0.3, -0.25) is 0 Å². The Kier molecular flexibility index (Phi) is 5.81. The Morgan fingerprint density at radius 3 is 2.09 bits per heavy atom. The van der Waals surface area contributed by atoms with Crippen molar-refractivity contribution in [3.05, 3.63) is 55.2 Å². The lowest BCUT2D eigenvalue weighted by molar-refractivity contribution is 0.931. The number of hydrogen-bond acceptors (Lipinski definition) is 3. The molecule has 0 N–H and O–H groups in total. The van der Waals surface area contributed by atoms with Gasteiger partial charge in [-0.25, -0.2) is 15.0 Å². The van der Waals surface area contributed by atoms with Crippen LogP contribution in [0.3, 0.4) is 0 Å². The Morgan fingerprint density at radius 2 is 1.36 bits per heavy atom. The highest BCUT2D eigenvalue weighted by atomic mass is 15.1. The molecule has 4 rings (SSSR count). The van der Waals surface area contributed by atoms with Gasteiger partial charge in [0.1, 0.15) is 5.52 Å². The van der Waals surface area contributed by atoms with Crippen molar-refractivity contribution in [3.8, 4) is 0 Å². The van der Waals surface area contributed by atoms with Crippen molar-refractivity contribution in [2.45, 2.75) is 14.9 Å². The minimum atomic E-state index is 0. The normalized spacial score (nSPS) is 9.55. The highest BCUT2D eigenvalue weighted by Gasteiger charge is 1.96. The third-order valence-electron chi connectivity index (χ3n) is 3.10. The van der Waals surface area contributed by atoms with Crippen LogP contribution in [-0.4, -0.2) is 24.1 Å². The second-order valence-corrected chi connectivity index (χ2v) is 4.55. The molecular weight excluding hydrogens is 274 g/mol. The summed E-state index contributed by atoms with van der Waals surface area (Å²) in [6, 6.07) is 11.9. The Morgan fingerprint density at radius 1 is 0.727 bits per heavy atom. The van der Waals surface area contributed by atoms with Crippen LogP contribution in [0.4, 0.5) is 0 Å². The fraction of sp³-hybridized carbons (Fsp3) is 0.235. The number of hydrogen-bond donors (Lipinski definition) is 0. The van der Waals surface area contributed by atoms with Gasteiger partial charge in [-0.1, -0.05) is 27.0 Å². The van der Waals surface area contributed by atoms with Crippen molar-refractivity contribution in [3.63, 3.8) is 0 Å². The Balaban J connectivity index is 0.000000202. The molecule has 116 valence electrons. The van der Waals surface area contributed by atoms with Crippen LogP contribution >= 0.6 is 0 Å². The van der Waals surface area contributed by atoms with Crippen LogP contribution in [0.15, 0.2) is 55.2 Å². The highest BCUT2D eigenvalue weighted by Crippen LogP contribution is 2.08. The molecule has 0 unspecified atom stereocenters. The van der Waals surface area contributed by atoms with Crippen molar-refractivity contribution in [2.75, 3.05) is 0 Å². The summed E-state index contributed by atoms with van der Waals surface area (Å²) in [6.07, 6.45) is 5.35. The molecule has 0 radical (unpaired) electrons. The van der Waals surface area contributed by atoms with E-state index in [-0.39, 0.29) is 14.9 Å². The zero-order valence-electron chi connectivity index (χ0n) is 11.4. The number of aryl methyl sites for hydroxylation is 2. The fourth-order valence-electron chi connectivity index (χ4n) is 2.05. The molecule has 5 nitrogen and oxygen atoms in total. The van der Waals surface area contributed by atoms with Crippen molar-refractivity contribution in [1.82, 2.24) is 24.1 Å². The van der Waals surface area contributed by atoms with Crippen molar-refractivity contribution >= 4 is 22.2 Å². The number of pyridine rings is 1. The maximum absolute atomic E-state index is 4.18. The van der Waals surface area contributed by atoms with E-state index in [4.69, 9.17) is 0 Å².